The Bertz CT molecular complexity index is 762. The molecule has 0 aliphatic heterocycles. The van der Waals surface area contributed by atoms with Crippen LogP contribution in [0.25, 0.3) is 10.9 Å². The number of aliphatic hydroxyl groups is 1. The first-order valence-corrected chi connectivity index (χ1v) is 7.36. The maximum absolute atomic E-state index is 10.8. The van der Waals surface area contributed by atoms with Crippen LogP contribution in [0.15, 0.2) is 48.5 Å². The molecule has 0 fully saturated rings. The number of benzene rings is 2. The molecule has 3 aromatic rings. The van der Waals surface area contributed by atoms with Crippen LogP contribution in [0.5, 0.6) is 5.75 Å². The second-order valence-electron chi connectivity index (χ2n) is 5.28. The number of rotatable bonds is 5. The van der Waals surface area contributed by atoms with E-state index in [4.69, 9.17) is 10.5 Å². The number of para-hydroxylation sites is 1. The van der Waals surface area contributed by atoms with Crippen molar-refractivity contribution in [2.24, 2.45) is 5.73 Å². The quantitative estimate of drug-likeness (QED) is 0.678. The third kappa shape index (κ3) is 2.58. The first-order chi connectivity index (χ1) is 10.7. The molecule has 3 rings (SSSR count). The van der Waals surface area contributed by atoms with Crippen LogP contribution in [0.2, 0.25) is 0 Å². The number of methoxy groups -OCH3 is 1. The molecule has 22 heavy (non-hydrogen) atoms. The number of ether oxygens (including phenoxy) is 1. The molecule has 1 unspecified atom stereocenters. The van der Waals surface area contributed by atoms with Gasteiger partial charge in [-0.3, -0.25) is 0 Å². The van der Waals surface area contributed by atoms with Crippen LogP contribution in [0.3, 0.4) is 0 Å². The molecule has 1 atom stereocenters. The summed E-state index contributed by atoms with van der Waals surface area (Å²) in [6, 6.07) is 15.5. The third-order valence-electron chi connectivity index (χ3n) is 3.95. The Hall–Kier alpha value is -2.30. The Morgan fingerprint density at radius 2 is 1.86 bits per heavy atom. The van der Waals surface area contributed by atoms with Crippen molar-refractivity contribution >= 4 is 10.9 Å². The second kappa shape index (κ2) is 6.22. The first-order valence-electron chi connectivity index (χ1n) is 7.36. The maximum atomic E-state index is 10.8. The largest absolute Gasteiger partial charge is 0.497 e. The number of hydrogen-bond donors (Lipinski definition) is 3. The van der Waals surface area contributed by atoms with E-state index in [1.165, 1.54) is 0 Å². The normalized spacial score (nSPS) is 12.5. The Morgan fingerprint density at radius 3 is 2.55 bits per heavy atom. The second-order valence-corrected chi connectivity index (χ2v) is 5.28. The van der Waals surface area contributed by atoms with Gasteiger partial charge in [0.2, 0.25) is 0 Å². The number of aromatic nitrogens is 1. The van der Waals surface area contributed by atoms with Crippen LogP contribution in [0.4, 0.5) is 0 Å². The van der Waals surface area contributed by atoms with Gasteiger partial charge in [0.15, 0.2) is 0 Å². The lowest BCUT2D eigenvalue weighted by Gasteiger charge is -2.13. The smallest absolute Gasteiger partial charge is 0.119 e. The van der Waals surface area contributed by atoms with E-state index in [9.17, 15) is 5.11 Å². The van der Waals surface area contributed by atoms with Crippen molar-refractivity contribution in [1.29, 1.82) is 0 Å². The predicted octanol–water partition coefficient (Wildman–Crippen LogP) is 2.76. The number of H-pyrrole nitrogens is 1. The highest BCUT2D eigenvalue weighted by atomic mass is 16.5. The Morgan fingerprint density at radius 1 is 1.14 bits per heavy atom. The van der Waals surface area contributed by atoms with Gasteiger partial charge in [-0.2, -0.15) is 0 Å². The van der Waals surface area contributed by atoms with E-state index in [-0.39, 0.29) is 0 Å². The minimum absolute atomic E-state index is 0.546. The van der Waals surface area contributed by atoms with Crippen molar-refractivity contribution in [2.45, 2.75) is 12.5 Å². The van der Waals surface area contributed by atoms with Gasteiger partial charge in [-0.1, -0.05) is 30.3 Å². The van der Waals surface area contributed by atoms with E-state index in [2.05, 4.69) is 11.1 Å². The summed E-state index contributed by atoms with van der Waals surface area (Å²) in [6.07, 6.45) is 0.0203. The summed E-state index contributed by atoms with van der Waals surface area (Å²) in [5.74, 6) is 0.773. The molecular weight excluding hydrogens is 276 g/mol. The minimum Gasteiger partial charge on any atom is -0.497 e. The van der Waals surface area contributed by atoms with Crippen LogP contribution in [0.1, 0.15) is 22.9 Å². The van der Waals surface area contributed by atoms with Gasteiger partial charge >= 0.3 is 0 Å². The molecule has 1 heterocycles. The number of fused-ring (bicyclic) bond motifs is 1. The molecule has 114 valence electrons. The molecule has 0 saturated heterocycles. The number of aromatic amines is 1. The lowest BCUT2D eigenvalue weighted by molar-refractivity contribution is 0.215. The molecule has 0 aliphatic rings. The Kier molecular flexibility index (Phi) is 4.13. The molecule has 0 saturated carbocycles. The molecule has 1 aromatic heterocycles. The molecule has 0 aliphatic carbocycles. The summed E-state index contributed by atoms with van der Waals surface area (Å²) in [4.78, 5) is 3.34. The van der Waals surface area contributed by atoms with Crippen molar-refractivity contribution in [3.63, 3.8) is 0 Å². The van der Waals surface area contributed by atoms with E-state index in [1.807, 2.05) is 42.5 Å². The van der Waals surface area contributed by atoms with Crippen molar-refractivity contribution in [1.82, 2.24) is 4.98 Å². The SMILES string of the molecule is COc1ccc(C(O)c2[nH]c3ccccc3c2CCN)cc1. The summed E-state index contributed by atoms with van der Waals surface area (Å²) < 4.78 is 5.16. The minimum atomic E-state index is -0.708. The molecule has 2 aromatic carbocycles. The molecule has 0 bridgehead atoms. The lowest BCUT2D eigenvalue weighted by Crippen LogP contribution is -2.08. The summed E-state index contributed by atoms with van der Waals surface area (Å²) in [5, 5.41) is 11.9. The summed E-state index contributed by atoms with van der Waals surface area (Å²) in [6.45, 7) is 0.546. The lowest BCUT2D eigenvalue weighted by atomic mass is 10.00. The molecule has 0 amide bonds. The van der Waals surface area contributed by atoms with Gasteiger partial charge in [-0.15, -0.1) is 0 Å². The number of nitrogens with two attached hydrogens (primary N) is 1. The zero-order valence-corrected chi connectivity index (χ0v) is 12.5. The predicted molar refractivity (Wildman–Crippen MR) is 88.1 cm³/mol. The standard InChI is InChI=1S/C18H20N2O2/c1-22-13-8-6-12(7-9-13)18(21)17-15(10-11-19)14-4-2-3-5-16(14)20-17/h2-9,18,20-21H,10-11,19H2,1H3. The molecule has 0 spiro atoms. The molecule has 4 nitrogen and oxygen atoms in total. The molecule has 4 N–H and O–H groups in total. The summed E-state index contributed by atoms with van der Waals surface area (Å²) >= 11 is 0. The maximum Gasteiger partial charge on any atom is 0.119 e. The topological polar surface area (TPSA) is 71.3 Å². The van der Waals surface area contributed by atoms with Gasteiger partial charge < -0.3 is 20.6 Å². The van der Waals surface area contributed by atoms with Crippen molar-refractivity contribution < 1.29 is 9.84 Å². The Balaban J connectivity index is 2.05. The van der Waals surface area contributed by atoms with Crippen molar-refractivity contribution in [2.75, 3.05) is 13.7 Å². The van der Waals surface area contributed by atoms with Crippen LogP contribution in [-0.2, 0) is 6.42 Å². The third-order valence-corrected chi connectivity index (χ3v) is 3.95. The fourth-order valence-electron chi connectivity index (χ4n) is 2.82. The van der Waals surface area contributed by atoms with Gasteiger partial charge in [-0.25, -0.2) is 0 Å². The molecule has 0 radical (unpaired) electrons. The molecule has 4 heteroatoms. The van der Waals surface area contributed by atoms with Gasteiger partial charge in [0, 0.05) is 10.9 Å². The van der Waals surface area contributed by atoms with Crippen LogP contribution in [0, 0.1) is 0 Å². The highest BCUT2D eigenvalue weighted by molar-refractivity contribution is 5.85. The van der Waals surface area contributed by atoms with E-state index < -0.39 is 6.10 Å². The highest BCUT2D eigenvalue weighted by Gasteiger charge is 2.19. The molecular formula is C18H20N2O2. The average molecular weight is 296 g/mol. The monoisotopic (exact) mass is 296 g/mol. The van der Waals surface area contributed by atoms with Gasteiger partial charge in [0.1, 0.15) is 11.9 Å². The summed E-state index contributed by atoms with van der Waals surface area (Å²) in [5.41, 5.74) is 9.49. The van der Waals surface area contributed by atoms with Crippen LogP contribution < -0.4 is 10.5 Å². The van der Waals surface area contributed by atoms with Crippen LogP contribution in [-0.4, -0.2) is 23.7 Å². The fourth-order valence-corrected chi connectivity index (χ4v) is 2.82. The van der Waals surface area contributed by atoms with E-state index in [0.29, 0.717) is 6.54 Å². The van der Waals surface area contributed by atoms with Gasteiger partial charge in [-0.05, 0) is 42.3 Å². The van der Waals surface area contributed by atoms with E-state index in [0.717, 1.165) is 39.9 Å². The van der Waals surface area contributed by atoms with Crippen molar-refractivity contribution in [3.8, 4) is 5.75 Å². The highest BCUT2D eigenvalue weighted by Crippen LogP contribution is 2.31. The zero-order chi connectivity index (χ0) is 15.5. The number of hydrogen-bond acceptors (Lipinski definition) is 3. The van der Waals surface area contributed by atoms with Crippen molar-refractivity contribution in [3.05, 3.63) is 65.4 Å². The zero-order valence-electron chi connectivity index (χ0n) is 12.5. The van der Waals surface area contributed by atoms with E-state index in [1.54, 1.807) is 7.11 Å². The van der Waals surface area contributed by atoms with E-state index >= 15 is 0 Å². The van der Waals surface area contributed by atoms with Gasteiger partial charge in [0.25, 0.3) is 0 Å². The van der Waals surface area contributed by atoms with Crippen LogP contribution >= 0.6 is 0 Å². The fraction of sp³-hybridized carbons (Fsp3) is 0.222. The Labute approximate surface area is 129 Å². The number of aliphatic hydroxyl groups excluding tert-OH is 1. The summed E-state index contributed by atoms with van der Waals surface area (Å²) in [7, 11) is 1.63. The first kappa shape index (κ1) is 14.6. The number of nitrogens with one attached hydrogen (secondary N) is 1. The average Bonchev–Trinajstić information content (AvgIpc) is 2.93. The van der Waals surface area contributed by atoms with Gasteiger partial charge in [0.05, 0.1) is 12.8 Å².